The van der Waals surface area contributed by atoms with Crippen LogP contribution in [-0.4, -0.2) is 18.0 Å². The number of hydrogen-bond acceptors (Lipinski definition) is 3. The topological polar surface area (TPSA) is 38.9 Å². The molecule has 3 heterocycles. The van der Waals surface area contributed by atoms with E-state index in [1.54, 1.807) is 39.0 Å². The summed E-state index contributed by atoms with van der Waals surface area (Å²) < 4.78 is 70.8. The van der Waals surface area contributed by atoms with Crippen LogP contribution in [0.25, 0.3) is 66.0 Å². The van der Waals surface area contributed by atoms with E-state index in [0.717, 1.165) is 49.2 Å². The van der Waals surface area contributed by atoms with Gasteiger partial charge in [0.25, 0.3) is 0 Å². The van der Waals surface area contributed by atoms with E-state index in [1.807, 2.05) is 24.4 Å². The molecule has 0 amide bonds. The summed E-state index contributed by atoms with van der Waals surface area (Å²) in [6.07, 6.45) is 1.27. The Kier molecular flexibility index (Phi) is 8.53. The summed E-state index contributed by atoms with van der Waals surface area (Å²) in [7, 11) is -1.34. The van der Waals surface area contributed by atoms with E-state index < -0.39 is 33.6 Å². The van der Waals surface area contributed by atoms with Crippen molar-refractivity contribution >= 4 is 56.7 Å². The summed E-state index contributed by atoms with van der Waals surface area (Å²) in [5, 5.41) is 7.52. The van der Waals surface area contributed by atoms with E-state index >= 15 is 0 Å². The summed E-state index contributed by atoms with van der Waals surface area (Å²) >= 11 is 0. The zero-order valence-electron chi connectivity index (χ0n) is 41.0. The van der Waals surface area contributed by atoms with Crippen LogP contribution >= 0.6 is 0 Å². The predicted octanol–water partition coefficient (Wildman–Crippen LogP) is 13.3. The molecule has 0 bridgehead atoms. The van der Waals surface area contributed by atoms with Gasteiger partial charge in [-0.3, -0.25) is 0 Å². The van der Waals surface area contributed by atoms with Gasteiger partial charge in [0.1, 0.15) is 5.58 Å². The predicted molar refractivity (Wildman–Crippen MR) is 234 cm³/mol. The second-order valence-electron chi connectivity index (χ2n) is 17.2. The van der Waals surface area contributed by atoms with Gasteiger partial charge in [0.05, 0.1) is 13.7 Å². The Balaban J connectivity index is 0.000000265. The zero-order chi connectivity index (χ0) is 45.4. The van der Waals surface area contributed by atoms with Gasteiger partial charge in [-0.15, -0.1) is 53.6 Å². The molecule has 0 fully saturated rings. The number of aromatic nitrogens is 2. The van der Waals surface area contributed by atoms with Crippen molar-refractivity contribution in [3.05, 3.63) is 138 Å². The molecule has 5 heteroatoms. The molecular weight excluding hydrogens is 865 g/mol. The van der Waals surface area contributed by atoms with Crippen molar-refractivity contribution in [3.63, 3.8) is 0 Å². The molecule has 8 aromatic rings. The first kappa shape index (κ1) is 30.8. The van der Waals surface area contributed by atoms with Crippen molar-refractivity contribution in [1.82, 2.24) is 9.97 Å². The van der Waals surface area contributed by atoms with E-state index in [-0.39, 0.29) is 36.6 Å². The molecule has 0 saturated heterocycles. The number of benzene rings is 5. The quantitative estimate of drug-likeness (QED) is 0.100. The average molecular weight is 925 g/mol. The Morgan fingerprint density at radius 3 is 2.11 bits per heavy atom. The number of pyridine rings is 2. The Morgan fingerprint density at radius 1 is 0.727 bits per heavy atom. The smallest absolute Gasteiger partial charge is 0.129 e. The average Bonchev–Trinajstić information content (AvgIpc) is 3.58. The monoisotopic (exact) mass is 925 g/mol. The van der Waals surface area contributed by atoms with Crippen LogP contribution in [0.4, 0.5) is 0 Å². The molecule has 5 aromatic carbocycles. The zero-order valence-corrected chi connectivity index (χ0v) is 36.3. The first-order valence-corrected chi connectivity index (χ1v) is 21.9. The molecule has 0 unspecified atom stereocenters. The third kappa shape index (κ3) is 8.55. The summed E-state index contributed by atoms with van der Waals surface area (Å²) in [6.45, 7) is 14.2. The van der Waals surface area contributed by atoms with Gasteiger partial charge in [0.2, 0.25) is 0 Å². The van der Waals surface area contributed by atoms with Crippen molar-refractivity contribution < 1.29 is 35.5 Å². The van der Waals surface area contributed by atoms with E-state index in [2.05, 4.69) is 111 Å². The summed E-state index contributed by atoms with van der Waals surface area (Å²) in [4.78, 5) is 8.99. The molecule has 1 radical (unpaired) electrons. The van der Waals surface area contributed by atoms with Gasteiger partial charge in [-0.1, -0.05) is 145 Å². The Hall–Kier alpha value is -4.41. The molecule has 8 rings (SSSR count). The van der Waals surface area contributed by atoms with Crippen LogP contribution < -0.4 is 5.19 Å². The second-order valence-corrected chi connectivity index (χ2v) is 22.2. The van der Waals surface area contributed by atoms with Crippen LogP contribution in [0.2, 0.25) is 19.6 Å². The minimum Gasteiger partial charge on any atom is -0.500 e. The van der Waals surface area contributed by atoms with Crippen molar-refractivity contribution in [3.8, 4) is 22.5 Å². The van der Waals surface area contributed by atoms with Crippen molar-refractivity contribution in [2.45, 2.75) is 86.7 Å². The van der Waals surface area contributed by atoms with Gasteiger partial charge < -0.3 is 14.4 Å². The Morgan fingerprint density at radius 2 is 1.45 bits per heavy atom. The molecular formula is C50H52IrN2OSi-2. The largest absolute Gasteiger partial charge is 0.500 e. The third-order valence-electron chi connectivity index (χ3n) is 9.65. The van der Waals surface area contributed by atoms with Crippen LogP contribution in [0, 0.1) is 31.3 Å². The van der Waals surface area contributed by atoms with Crippen molar-refractivity contribution in [2.24, 2.45) is 5.41 Å². The number of rotatable bonds is 4. The fourth-order valence-electron chi connectivity index (χ4n) is 6.68. The molecule has 3 aromatic heterocycles. The molecule has 0 saturated carbocycles. The molecule has 0 atom stereocenters. The number of nitrogens with zero attached hydrogens (tertiary/aromatic N) is 2. The first-order valence-electron chi connectivity index (χ1n) is 22.4. The van der Waals surface area contributed by atoms with Crippen LogP contribution in [0.1, 0.15) is 74.8 Å². The fraction of sp³-hybridized carbons (Fsp3) is 0.280. The SMILES string of the molecule is [2H]C([2H])([2H])c1c[c-]c(-c2ccc([Si](C)(C)C)cn2)cc1.[2H]C([2H])([2H])c1cnc(-c2[c-]ccc3c2oc2c3ccc3ccc4cc(C(C)(C)C)ccc4c32)cc1C([2H])([2H])C(C)(C)C.[Ir]. The molecule has 0 N–H and O–H groups in total. The van der Waals surface area contributed by atoms with E-state index in [1.165, 1.54) is 23.0 Å². The van der Waals surface area contributed by atoms with E-state index in [9.17, 15) is 0 Å². The van der Waals surface area contributed by atoms with Crippen molar-refractivity contribution in [1.29, 1.82) is 0 Å². The van der Waals surface area contributed by atoms with Crippen LogP contribution in [-0.2, 0) is 31.9 Å². The van der Waals surface area contributed by atoms with Crippen LogP contribution in [0.15, 0.2) is 108 Å². The van der Waals surface area contributed by atoms with Gasteiger partial charge in [0.15, 0.2) is 0 Å². The maximum atomic E-state index is 8.93. The molecule has 0 spiro atoms. The molecule has 55 heavy (non-hydrogen) atoms. The number of aryl methyl sites for hydroxylation is 2. The molecule has 0 aliphatic heterocycles. The number of furan rings is 1. The van der Waals surface area contributed by atoms with Gasteiger partial charge >= 0.3 is 0 Å². The molecule has 3 nitrogen and oxygen atoms in total. The van der Waals surface area contributed by atoms with Crippen LogP contribution in [0.3, 0.4) is 0 Å². The minimum absolute atomic E-state index is 0. The standard InChI is InChI=1S/C35H34NO.C15H18NSi.Ir/c1-21-20-36-30(18-24(21)19-34(2,3)4)29-10-8-9-27-28-15-13-22-11-12-23-17-25(35(5,6)7)14-16-26(23)31(22)33(28)37-32(27)29;1-12-5-7-13(8-6-12)15-10-9-14(11-16-15)17(2,3)4;/h8-9,11-18,20H,19H2,1-7H3;5-7,9-11H,1-4H3;/q2*-1;/i1D3,19D2;1D3;. The molecule has 0 aliphatic rings. The van der Waals surface area contributed by atoms with Gasteiger partial charge in [0, 0.05) is 54.2 Å². The summed E-state index contributed by atoms with van der Waals surface area (Å²) in [6, 6.07) is 35.7. The molecule has 0 aliphatic carbocycles. The normalized spacial score (nSPS) is 15.1. The number of fused-ring (bicyclic) bond motifs is 7. The number of hydrogen-bond donors (Lipinski definition) is 0. The van der Waals surface area contributed by atoms with E-state index in [0.29, 0.717) is 22.4 Å². The maximum Gasteiger partial charge on any atom is 0.129 e. The van der Waals surface area contributed by atoms with E-state index in [4.69, 9.17) is 15.4 Å². The first-order chi connectivity index (χ1) is 28.7. The minimum atomic E-state index is -2.51. The maximum absolute atomic E-state index is 8.93. The van der Waals surface area contributed by atoms with Crippen molar-refractivity contribution in [2.75, 3.05) is 0 Å². The van der Waals surface area contributed by atoms with Crippen LogP contribution in [0.5, 0.6) is 0 Å². The second kappa shape index (κ2) is 15.3. The summed E-state index contributed by atoms with van der Waals surface area (Å²) in [5.74, 6) is 0. The van der Waals surface area contributed by atoms with Gasteiger partial charge in [-0.05, 0) is 67.9 Å². The van der Waals surface area contributed by atoms with Gasteiger partial charge in [-0.2, -0.15) is 0 Å². The Bertz CT molecular complexity index is 2900. The Labute approximate surface area is 353 Å². The molecule has 283 valence electrons. The fourth-order valence-corrected chi connectivity index (χ4v) is 7.72. The summed E-state index contributed by atoms with van der Waals surface area (Å²) in [5.41, 5.74) is 4.74. The third-order valence-corrected chi connectivity index (χ3v) is 11.7. The van der Waals surface area contributed by atoms with Gasteiger partial charge in [-0.25, -0.2) is 0 Å².